The summed E-state index contributed by atoms with van der Waals surface area (Å²) < 4.78 is 5.29. The lowest BCUT2D eigenvalue weighted by Crippen LogP contribution is -2.24. The van der Waals surface area contributed by atoms with Crippen LogP contribution < -0.4 is 10.8 Å². The number of carbonyl (C=O) groups is 1. The van der Waals surface area contributed by atoms with E-state index in [1.54, 1.807) is 24.5 Å². The maximum Gasteiger partial charge on any atom is 0.287 e. The number of nitrogens with one attached hydrogen (secondary N) is 2. The number of benzene rings is 1. The zero-order valence-corrected chi connectivity index (χ0v) is 12.2. The number of hydroxylamine groups is 1. The summed E-state index contributed by atoms with van der Waals surface area (Å²) in [6, 6.07) is 9.03. The van der Waals surface area contributed by atoms with Gasteiger partial charge in [-0.2, -0.15) is 0 Å². The molecule has 0 aliphatic rings. The highest BCUT2D eigenvalue weighted by Gasteiger charge is 2.11. The van der Waals surface area contributed by atoms with Crippen molar-refractivity contribution >= 4 is 17.5 Å². The van der Waals surface area contributed by atoms with Crippen molar-refractivity contribution < 1.29 is 14.4 Å². The topological polar surface area (TPSA) is 74.5 Å². The van der Waals surface area contributed by atoms with Gasteiger partial charge in [-0.3, -0.25) is 4.79 Å². The minimum absolute atomic E-state index is 0.243. The van der Waals surface area contributed by atoms with Crippen LogP contribution in [0.4, 0.5) is 0 Å². The van der Waals surface area contributed by atoms with Crippen LogP contribution in [0.1, 0.15) is 23.4 Å². The molecule has 0 bridgehead atoms. The Morgan fingerprint density at radius 2 is 1.86 bits per heavy atom. The van der Waals surface area contributed by atoms with Crippen molar-refractivity contribution in [3.8, 4) is 11.1 Å². The molecule has 0 aliphatic heterocycles. The van der Waals surface area contributed by atoms with E-state index < -0.39 is 0 Å². The molecule has 0 aliphatic carbocycles. The fourth-order valence-electron chi connectivity index (χ4n) is 1.87. The van der Waals surface area contributed by atoms with Gasteiger partial charge in [0.25, 0.3) is 5.91 Å². The number of halogens is 1. The Labute approximate surface area is 127 Å². The van der Waals surface area contributed by atoms with Gasteiger partial charge < -0.3 is 14.9 Å². The molecular weight excluding hydrogens is 292 g/mol. The Morgan fingerprint density at radius 1 is 1.14 bits per heavy atom. The molecule has 3 N–H and O–H groups in total. The van der Waals surface area contributed by atoms with E-state index in [9.17, 15) is 4.79 Å². The Kier molecular flexibility index (Phi) is 5.80. The maximum absolute atomic E-state index is 11.9. The second kappa shape index (κ2) is 7.83. The van der Waals surface area contributed by atoms with Crippen molar-refractivity contribution in [2.75, 3.05) is 13.1 Å². The number of rotatable bonds is 7. The first-order valence-electron chi connectivity index (χ1n) is 6.70. The molecule has 0 atom stereocenters. The molecule has 0 unspecified atom stereocenters. The molecule has 2 rings (SSSR count). The number of hydrogen-bond donors (Lipinski definition) is 3. The van der Waals surface area contributed by atoms with Gasteiger partial charge in [0.1, 0.15) is 0 Å². The fraction of sp³-hybridized carbons (Fsp3) is 0.267. The fourth-order valence-corrected chi connectivity index (χ4v) is 1.99. The van der Waals surface area contributed by atoms with Crippen molar-refractivity contribution in [1.29, 1.82) is 0 Å². The summed E-state index contributed by atoms with van der Waals surface area (Å²) in [5.74, 6) is 0.0346. The predicted octanol–water partition coefficient (Wildman–Crippen LogP) is 3.09. The van der Waals surface area contributed by atoms with Crippen LogP contribution in [0.5, 0.6) is 0 Å². The lowest BCUT2D eigenvalue weighted by atomic mass is 10.1. The van der Waals surface area contributed by atoms with Crippen LogP contribution in [0.3, 0.4) is 0 Å². The van der Waals surface area contributed by atoms with Crippen molar-refractivity contribution in [3.05, 3.63) is 47.4 Å². The molecule has 1 aromatic carbocycles. The number of amides is 1. The standard InChI is InChI=1S/C15H17ClN2O3/c16-13-5-3-11(4-6-13)12-9-14(21-10-12)15(19)17-7-1-2-8-18-20/h3-6,9-10,18,20H,1-2,7-8H2,(H,17,19). The van der Waals surface area contributed by atoms with Crippen LogP contribution in [0.2, 0.25) is 5.02 Å². The number of furan rings is 1. The molecule has 1 aromatic heterocycles. The van der Waals surface area contributed by atoms with Gasteiger partial charge in [-0.25, -0.2) is 5.48 Å². The van der Waals surface area contributed by atoms with Gasteiger partial charge in [0.2, 0.25) is 0 Å². The van der Waals surface area contributed by atoms with E-state index >= 15 is 0 Å². The monoisotopic (exact) mass is 308 g/mol. The van der Waals surface area contributed by atoms with Crippen LogP contribution >= 0.6 is 11.6 Å². The van der Waals surface area contributed by atoms with E-state index in [-0.39, 0.29) is 11.7 Å². The molecular formula is C15H17ClN2O3. The predicted molar refractivity (Wildman–Crippen MR) is 80.5 cm³/mol. The summed E-state index contributed by atoms with van der Waals surface area (Å²) >= 11 is 5.84. The van der Waals surface area contributed by atoms with E-state index in [0.29, 0.717) is 18.1 Å². The molecule has 21 heavy (non-hydrogen) atoms. The lowest BCUT2D eigenvalue weighted by molar-refractivity contribution is 0.0925. The van der Waals surface area contributed by atoms with Crippen molar-refractivity contribution in [2.45, 2.75) is 12.8 Å². The second-order valence-corrected chi connectivity index (χ2v) is 5.01. The average Bonchev–Trinajstić information content (AvgIpc) is 2.97. The van der Waals surface area contributed by atoms with Crippen LogP contribution in [0.25, 0.3) is 11.1 Å². The lowest BCUT2D eigenvalue weighted by Gasteiger charge is -2.02. The van der Waals surface area contributed by atoms with Crippen LogP contribution in [0, 0.1) is 0 Å². The van der Waals surface area contributed by atoms with E-state index in [1.165, 1.54) is 0 Å². The molecule has 0 saturated heterocycles. The van der Waals surface area contributed by atoms with Crippen LogP contribution in [0.15, 0.2) is 41.0 Å². The molecule has 6 heteroatoms. The summed E-state index contributed by atoms with van der Waals surface area (Å²) in [5, 5.41) is 11.9. The van der Waals surface area contributed by atoms with Gasteiger partial charge in [-0.1, -0.05) is 23.7 Å². The molecule has 0 saturated carbocycles. The quantitative estimate of drug-likeness (QED) is 0.543. The largest absolute Gasteiger partial charge is 0.459 e. The second-order valence-electron chi connectivity index (χ2n) is 4.58. The summed E-state index contributed by atoms with van der Waals surface area (Å²) in [6.07, 6.45) is 3.11. The Morgan fingerprint density at radius 3 is 2.57 bits per heavy atom. The molecule has 2 aromatic rings. The highest BCUT2D eigenvalue weighted by Crippen LogP contribution is 2.23. The van der Waals surface area contributed by atoms with Crippen molar-refractivity contribution in [2.24, 2.45) is 0 Å². The molecule has 5 nitrogen and oxygen atoms in total. The van der Waals surface area contributed by atoms with E-state index in [1.807, 2.05) is 12.1 Å². The summed E-state index contributed by atoms with van der Waals surface area (Å²) in [5.41, 5.74) is 3.85. The van der Waals surface area contributed by atoms with Gasteiger partial charge in [-0.15, -0.1) is 0 Å². The summed E-state index contributed by atoms with van der Waals surface area (Å²) in [6.45, 7) is 1.05. The zero-order valence-electron chi connectivity index (χ0n) is 11.4. The molecule has 1 heterocycles. The van der Waals surface area contributed by atoms with Gasteiger partial charge in [0, 0.05) is 23.7 Å². The number of unbranched alkanes of at least 4 members (excludes halogenated alkanes) is 1. The van der Waals surface area contributed by atoms with Gasteiger partial charge in [0.15, 0.2) is 5.76 Å². The molecule has 0 fully saturated rings. The number of carbonyl (C=O) groups excluding carboxylic acids is 1. The van der Waals surface area contributed by atoms with Gasteiger partial charge in [-0.05, 0) is 36.6 Å². The molecule has 1 amide bonds. The van der Waals surface area contributed by atoms with Gasteiger partial charge in [0.05, 0.1) is 6.26 Å². The highest BCUT2D eigenvalue weighted by atomic mass is 35.5. The van der Waals surface area contributed by atoms with Crippen molar-refractivity contribution in [1.82, 2.24) is 10.8 Å². The summed E-state index contributed by atoms with van der Waals surface area (Å²) in [7, 11) is 0. The third-order valence-corrected chi connectivity index (χ3v) is 3.25. The number of hydrogen-bond acceptors (Lipinski definition) is 4. The third kappa shape index (κ3) is 4.60. The Balaban J connectivity index is 1.90. The Bertz CT molecular complexity index is 581. The minimum atomic E-state index is -0.243. The molecule has 112 valence electrons. The first-order valence-corrected chi connectivity index (χ1v) is 7.08. The normalized spacial score (nSPS) is 10.6. The first-order chi connectivity index (χ1) is 10.2. The van der Waals surface area contributed by atoms with Crippen molar-refractivity contribution in [3.63, 3.8) is 0 Å². The van der Waals surface area contributed by atoms with E-state index in [0.717, 1.165) is 24.0 Å². The third-order valence-electron chi connectivity index (χ3n) is 3.00. The SMILES string of the molecule is O=C(NCCCCNO)c1cc(-c2ccc(Cl)cc2)co1. The average molecular weight is 309 g/mol. The van der Waals surface area contributed by atoms with E-state index in [2.05, 4.69) is 10.8 Å². The minimum Gasteiger partial charge on any atom is -0.459 e. The first kappa shape index (κ1) is 15.6. The van der Waals surface area contributed by atoms with Crippen LogP contribution in [-0.4, -0.2) is 24.2 Å². The summed E-state index contributed by atoms with van der Waals surface area (Å²) in [4.78, 5) is 11.9. The van der Waals surface area contributed by atoms with Gasteiger partial charge >= 0.3 is 0 Å². The smallest absolute Gasteiger partial charge is 0.287 e. The zero-order chi connectivity index (χ0) is 15.1. The maximum atomic E-state index is 11.9. The Hall–Kier alpha value is -1.82. The van der Waals surface area contributed by atoms with E-state index in [4.69, 9.17) is 21.2 Å². The molecule has 0 radical (unpaired) electrons. The highest BCUT2D eigenvalue weighted by molar-refractivity contribution is 6.30. The van der Waals surface area contributed by atoms with Crippen LogP contribution in [-0.2, 0) is 0 Å². The molecule has 0 spiro atoms.